The third-order valence-electron chi connectivity index (χ3n) is 1.89. The second-order valence-electron chi connectivity index (χ2n) is 2.76. The van der Waals surface area contributed by atoms with Crippen molar-refractivity contribution in [3.63, 3.8) is 0 Å². The van der Waals surface area contributed by atoms with Crippen molar-refractivity contribution in [3.05, 3.63) is 0 Å². The molecular weight excluding hydrogens is 140 g/mol. The lowest BCUT2D eigenvalue weighted by atomic mass is 9.90. The molecular formula is C6H11F2NO. The van der Waals surface area contributed by atoms with Gasteiger partial charge in [0.05, 0.1) is 0 Å². The molecule has 2 atom stereocenters. The van der Waals surface area contributed by atoms with Crippen LogP contribution in [0.4, 0.5) is 8.78 Å². The van der Waals surface area contributed by atoms with Gasteiger partial charge in [-0.2, -0.15) is 0 Å². The Bertz CT molecular complexity index is 129. The molecule has 4 heteroatoms. The molecule has 0 aromatic carbocycles. The fraction of sp³-hybridized carbons (Fsp3) is 1.00. The molecule has 0 saturated heterocycles. The predicted molar refractivity (Wildman–Crippen MR) is 32.8 cm³/mol. The third kappa shape index (κ3) is 1.27. The van der Waals surface area contributed by atoms with Crippen LogP contribution in [0.5, 0.6) is 0 Å². The molecule has 0 amide bonds. The van der Waals surface area contributed by atoms with Crippen LogP contribution in [-0.4, -0.2) is 23.2 Å². The molecule has 10 heavy (non-hydrogen) atoms. The maximum absolute atomic E-state index is 12.5. The number of aliphatic hydroxyl groups is 1. The van der Waals surface area contributed by atoms with Crippen molar-refractivity contribution in [3.8, 4) is 0 Å². The van der Waals surface area contributed by atoms with Gasteiger partial charge in [-0.3, -0.25) is 0 Å². The zero-order valence-corrected chi connectivity index (χ0v) is 5.56. The molecule has 1 saturated carbocycles. The van der Waals surface area contributed by atoms with E-state index < -0.39 is 18.1 Å². The molecule has 0 heterocycles. The molecule has 0 aromatic heterocycles. The van der Waals surface area contributed by atoms with E-state index in [4.69, 9.17) is 10.8 Å². The van der Waals surface area contributed by atoms with Gasteiger partial charge in [0.25, 0.3) is 5.92 Å². The number of rotatable bonds is 0. The van der Waals surface area contributed by atoms with Gasteiger partial charge in [0, 0.05) is 12.5 Å². The Morgan fingerprint density at radius 1 is 1.50 bits per heavy atom. The van der Waals surface area contributed by atoms with E-state index in [-0.39, 0.29) is 6.42 Å². The highest BCUT2D eigenvalue weighted by Crippen LogP contribution is 2.32. The van der Waals surface area contributed by atoms with Gasteiger partial charge in [-0.1, -0.05) is 0 Å². The summed E-state index contributed by atoms with van der Waals surface area (Å²) in [6.45, 7) is 0. The maximum atomic E-state index is 12.5. The van der Waals surface area contributed by atoms with E-state index in [0.29, 0.717) is 12.8 Å². The smallest absolute Gasteiger partial charge is 0.274 e. The Morgan fingerprint density at radius 2 is 2.10 bits per heavy atom. The summed E-state index contributed by atoms with van der Waals surface area (Å²) in [5, 5.41) is 8.83. The lowest BCUT2D eigenvalue weighted by Crippen LogP contribution is -2.50. The van der Waals surface area contributed by atoms with Crippen molar-refractivity contribution in [1.29, 1.82) is 0 Å². The molecule has 3 N–H and O–H groups in total. The van der Waals surface area contributed by atoms with Gasteiger partial charge in [-0.05, 0) is 12.8 Å². The first-order chi connectivity index (χ1) is 4.54. The minimum absolute atomic E-state index is 0.234. The molecule has 0 aliphatic heterocycles. The van der Waals surface area contributed by atoms with Gasteiger partial charge in [-0.25, -0.2) is 8.78 Å². The van der Waals surface area contributed by atoms with Gasteiger partial charge in [-0.15, -0.1) is 0 Å². The van der Waals surface area contributed by atoms with Crippen LogP contribution in [0.25, 0.3) is 0 Å². The largest absolute Gasteiger partial charge is 0.385 e. The van der Waals surface area contributed by atoms with Crippen molar-refractivity contribution in [2.45, 2.75) is 37.3 Å². The minimum atomic E-state index is -2.96. The van der Waals surface area contributed by atoms with E-state index >= 15 is 0 Å². The summed E-state index contributed by atoms with van der Waals surface area (Å²) in [6, 6.07) is -0.747. The average Bonchev–Trinajstić information content (AvgIpc) is 1.83. The lowest BCUT2D eigenvalue weighted by molar-refractivity contribution is -0.138. The number of hydrogen-bond acceptors (Lipinski definition) is 2. The van der Waals surface area contributed by atoms with Crippen LogP contribution in [0, 0.1) is 0 Å². The Hall–Kier alpha value is -0.220. The second kappa shape index (κ2) is 2.43. The van der Waals surface area contributed by atoms with Crippen LogP contribution in [0.15, 0.2) is 0 Å². The summed E-state index contributed by atoms with van der Waals surface area (Å²) in [5.74, 6) is -2.96. The van der Waals surface area contributed by atoms with Crippen molar-refractivity contribution >= 4 is 0 Å². The molecule has 0 bridgehead atoms. The Morgan fingerprint density at radius 3 is 2.50 bits per heavy atom. The molecule has 0 spiro atoms. The zero-order valence-electron chi connectivity index (χ0n) is 5.56. The van der Waals surface area contributed by atoms with Crippen LogP contribution < -0.4 is 5.73 Å². The van der Waals surface area contributed by atoms with Crippen LogP contribution in [-0.2, 0) is 0 Å². The Kier molecular flexibility index (Phi) is 1.92. The Labute approximate surface area is 58.0 Å². The summed E-state index contributed by atoms with van der Waals surface area (Å²) in [6.07, 6.45) is -0.967. The molecule has 0 radical (unpaired) electrons. The van der Waals surface area contributed by atoms with E-state index in [0.717, 1.165) is 0 Å². The highest BCUT2D eigenvalue weighted by Gasteiger charge is 2.44. The summed E-state index contributed by atoms with van der Waals surface area (Å²) in [4.78, 5) is 0. The summed E-state index contributed by atoms with van der Waals surface area (Å²) < 4.78 is 25.0. The molecule has 0 unspecified atom stereocenters. The SMILES string of the molecule is N[C@H]1CCCC(F)(F)[C@H]1O. The molecule has 1 aliphatic rings. The number of halogens is 2. The van der Waals surface area contributed by atoms with Gasteiger partial charge in [0.2, 0.25) is 0 Å². The van der Waals surface area contributed by atoms with E-state index in [1.807, 2.05) is 0 Å². The lowest BCUT2D eigenvalue weighted by Gasteiger charge is -2.31. The number of nitrogens with two attached hydrogens (primary N) is 1. The van der Waals surface area contributed by atoms with Crippen LogP contribution in [0.1, 0.15) is 19.3 Å². The van der Waals surface area contributed by atoms with Gasteiger partial charge in [0.15, 0.2) is 0 Å². The van der Waals surface area contributed by atoms with E-state index in [9.17, 15) is 8.78 Å². The fourth-order valence-corrected chi connectivity index (χ4v) is 1.19. The monoisotopic (exact) mass is 151 g/mol. The van der Waals surface area contributed by atoms with Crippen molar-refractivity contribution < 1.29 is 13.9 Å². The van der Waals surface area contributed by atoms with E-state index in [1.165, 1.54) is 0 Å². The van der Waals surface area contributed by atoms with Crippen molar-refractivity contribution in [2.75, 3.05) is 0 Å². The molecule has 60 valence electrons. The standard InChI is InChI=1S/C6H11F2NO/c7-6(8)3-1-2-4(9)5(6)10/h4-5,10H,1-3,9H2/t4-,5-/m0/s1. The molecule has 1 fully saturated rings. The Balaban J connectivity index is 2.60. The summed E-state index contributed by atoms with van der Waals surface area (Å²) in [7, 11) is 0. The number of alkyl halides is 2. The summed E-state index contributed by atoms with van der Waals surface area (Å²) in [5.41, 5.74) is 5.22. The molecule has 1 rings (SSSR count). The van der Waals surface area contributed by atoms with Gasteiger partial charge >= 0.3 is 0 Å². The van der Waals surface area contributed by atoms with Crippen molar-refractivity contribution in [1.82, 2.24) is 0 Å². The van der Waals surface area contributed by atoms with Gasteiger partial charge in [0.1, 0.15) is 6.10 Å². The zero-order chi connectivity index (χ0) is 7.78. The molecule has 2 nitrogen and oxygen atoms in total. The topological polar surface area (TPSA) is 46.2 Å². The third-order valence-corrected chi connectivity index (χ3v) is 1.89. The second-order valence-corrected chi connectivity index (χ2v) is 2.76. The quantitative estimate of drug-likeness (QED) is 0.529. The van der Waals surface area contributed by atoms with E-state index in [2.05, 4.69) is 0 Å². The maximum Gasteiger partial charge on any atom is 0.274 e. The minimum Gasteiger partial charge on any atom is -0.385 e. The fourth-order valence-electron chi connectivity index (χ4n) is 1.19. The normalized spacial score (nSPS) is 39.6. The molecule has 1 aliphatic carbocycles. The predicted octanol–water partition coefficient (Wildman–Crippen LogP) is 0.494. The first kappa shape index (κ1) is 7.88. The number of aliphatic hydroxyl groups excluding tert-OH is 1. The average molecular weight is 151 g/mol. The highest BCUT2D eigenvalue weighted by molar-refractivity contribution is 4.89. The number of hydrogen-bond donors (Lipinski definition) is 2. The van der Waals surface area contributed by atoms with Crippen molar-refractivity contribution in [2.24, 2.45) is 5.73 Å². The van der Waals surface area contributed by atoms with Crippen LogP contribution in [0.3, 0.4) is 0 Å². The first-order valence-electron chi connectivity index (χ1n) is 3.35. The van der Waals surface area contributed by atoms with Crippen LogP contribution in [0.2, 0.25) is 0 Å². The molecule has 0 aromatic rings. The first-order valence-corrected chi connectivity index (χ1v) is 3.35. The van der Waals surface area contributed by atoms with Crippen LogP contribution >= 0.6 is 0 Å². The van der Waals surface area contributed by atoms with E-state index in [1.54, 1.807) is 0 Å². The summed E-state index contributed by atoms with van der Waals surface area (Å²) >= 11 is 0. The van der Waals surface area contributed by atoms with Gasteiger partial charge < -0.3 is 10.8 Å². The highest BCUT2D eigenvalue weighted by atomic mass is 19.3.